The summed E-state index contributed by atoms with van der Waals surface area (Å²) in [4.78, 5) is 2.61. The second kappa shape index (κ2) is 3.37. The summed E-state index contributed by atoms with van der Waals surface area (Å²) in [5.74, 6) is 0. The van der Waals surface area contributed by atoms with Gasteiger partial charge in [-0.3, -0.25) is 4.90 Å². The second-order valence-corrected chi connectivity index (χ2v) is 4.20. The van der Waals surface area contributed by atoms with Gasteiger partial charge in [-0.2, -0.15) is 0 Å². The van der Waals surface area contributed by atoms with Crippen molar-refractivity contribution in [2.45, 2.75) is 12.5 Å². The number of nitrogens with one attached hydrogen (secondary N) is 1. The molecule has 2 heterocycles. The fraction of sp³-hybridized carbons (Fsp3) is 0.500. The van der Waals surface area contributed by atoms with Crippen molar-refractivity contribution in [3.8, 4) is 0 Å². The van der Waals surface area contributed by atoms with E-state index in [0.29, 0.717) is 6.04 Å². The Morgan fingerprint density at radius 3 is 3.14 bits per heavy atom. The van der Waals surface area contributed by atoms with Crippen LogP contribution in [0.2, 0.25) is 0 Å². The Morgan fingerprint density at radius 2 is 2.14 bits per heavy atom. The molecule has 1 atom stereocenters. The van der Waals surface area contributed by atoms with Crippen LogP contribution in [0.3, 0.4) is 0 Å². The molecule has 2 aliphatic heterocycles. The van der Waals surface area contributed by atoms with E-state index in [-0.39, 0.29) is 0 Å². The summed E-state index contributed by atoms with van der Waals surface area (Å²) in [7, 11) is 0. The van der Waals surface area contributed by atoms with Crippen LogP contribution in [0.15, 0.2) is 24.3 Å². The normalized spacial score (nSPS) is 26.7. The predicted octanol–water partition coefficient (Wildman–Crippen LogP) is 1.19. The minimum Gasteiger partial charge on any atom is -0.314 e. The average Bonchev–Trinajstić information content (AvgIpc) is 2.29. The van der Waals surface area contributed by atoms with Crippen LogP contribution in [0.25, 0.3) is 0 Å². The van der Waals surface area contributed by atoms with Crippen molar-refractivity contribution >= 4 is 0 Å². The molecular weight excluding hydrogens is 172 g/mol. The van der Waals surface area contributed by atoms with E-state index < -0.39 is 0 Å². The van der Waals surface area contributed by atoms with Gasteiger partial charge in [0.15, 0.2) is 0 Å². The number of rotatable bonds is 0. The highest BCUT2D eigenvalue weighted by Gasteiger charge is 2.28. The molecule has 74 valence electrons. The van der Waals surface area contributed by atoms with E-state index in [1.807, 2.05) is 0 Å². The molecule has 0 unspecified atom stereocenters. The first-order chi connectivity index (χ1) is 6.95. The Morgan fingerprint density at radius 1 is 1.21 bits per heavy atom. The van der Waals surface area contributed by atoms with Gasteiger partial charge in [0.2, 0.25) is 0 Å². The largest absolute Gasteiger partial charge is 0.314 e. The van der Waals surface area contributed by atoms with Crippen molar-refractivity contribution in [1.82, 2.24) is 10.2 Å². The van der Waals surface area contributed by atoms with Crippen molar-refractivity contribution in [1.29, 1.82) is 0 Å². The van der Waals surface area contributed by atoms with E-state index in [2.05, 4.69) is 34.5 Å². The summed E-state index contributed by atoms with van der Waals surface area (Å²) in [6.07, 6.45) is 1.23. The van der Waals surface area contributed by atoms with Crippen molar-refractivity contribution in [2.24, 2.45) is 0 Å². The first-order valence-corrected chi connectivity index (χ1v) is 5.48. The first-order valence-electron chi connectivity index (χ1n) is 5.48. The molecule has 0 spiro atoms. The van der Waals surface area contributed by atoms with Crippen LogP contribution in [0.5, 0.6) is 0 Å². The van der Waals surface area contributed by atoms with Gasteiger partial charge in [0.1, 0.15) is 0 Å². The van der Waals surface area contributed by atoms with Gasteiger partial charge < -0.3 is 5.32 Å². The molecule has 1 aromatic rings. The van der Waals surface area contributed by atoms with Crippen molar-refractivity contribution in [3.63, 3.8) is 0 Å². The minimum absolute atomic E-state index is 0.633. The quantitative estimate of drug-likeness (QED) is 0.658. The molecule has 1 fully saturated rings. The smallest absolute Gasteiger partial charge is 0.0476 e. The predicted molar refractivity (Wildman–Crippen MR) is 57.3 cm³/mol. The van der Waals surface area contributed by atoms with E-state index in [1.165, 1.54) is 19.5 Å². The zero-order chi connectivity index (χ0) is 9.38. The van der Waals surface area contributed by atoms with Gasteiger partial charge in [0.25, 0.3) is 0 Å². The molecule has 1 saturated heterocycles. The van der Waals surface area contributed by atoms with Crippen LogP contribution < -0.4 is 5.32 Å². The van der Waals surface area contributed by atoms with Crippen molar-refractivity contribution in [3.05, 3.63) is 35.4 Å². The molecule has 1 aromatic carbocycles. The minimum atomic E-state index is 0.633. The maximum absolute atomic E-state index is 3.48. The first kappa shape index (κ1) is 8.45. The summed E-state index contributed by atoms with van der Waals surface area (Å²) < 4.78 is 0. The molecule has 2 heteroatoms. The fourth-order valence-corrected chi connectivity index (χ4v) is 2.67. The molecule has 0 aliphatic carbocycles. The van der Waals surface area contributed by atoms with E-state index in [0.717, 1.165) is 13.1 Å². The van der Waals surface area contributed by atoms with Crippen LogP contribution in [-0.2, 0) is 6.42 Å². The Labute approximate surface area is 84.9 Å². The third-order valence-corrected chi connectivity index (χ3v) is 3.44. The zero-order valence-electron chi connectivity index (χ0n) is 8.37. The van der Waals surface area contributed by atoms with Gasteiger partial charge in [-0.15, -0.1) is 0 Å². The highest BCUT2D eigenvalue weighted by atomic mass is 15.2. The Bertz CT molecular complexity index is 335. The van der Waals surface area contributed by atoms with Crippen LogP contribution in [-0.4, -0.2) is 31.1 Å². The molecule has 2 aliphatic rings. The maximum atomic E-state index is 3.48. The number of piperazine rings is 1. The number of benzene rings is 1. The lowest BCUT2D eigenvalue weighted by Crippen LogP contribution is -2.48. The SMILES string of the molecule is c1ccc2c(c1)CCN1CCNC[C@H]21. The van der Waals surface area contributed by atoms with E-state index >= 15 is 0 Å². The highest BCUT2D eigenvalue weighted by molar-refractivity contribution is 5.33. The molecule has 0 amide bonds. The lowest BCUT2D eigenvalue weighted by molar-refractivity contribution is 0.152. The van der Waals surface area contributed by atoms with Gasteiger partial charge in [0, 0.05) is 32.2 Å². The maximum Gasteiger partial charge on any atom is 0.0476 e. The molecule has 0 radical (unpaired) electrons. The van der Waals surface area contributed by atoms with Crippen LogP contribution in [0, 0.1) is 0 Å². The van der Waals surface area contributed by atoms with Gasteiger partial charge in [-0.1, -0.05) is 24.3 Å². The van der Waals surface area contributed by atoms with E-state index in [1.54, 1.807) is 11.1 Å². The second-order valence-electron chi connectivity index (χ2n) is 4.20. The van der Waals surface area contributed by atoms with Crippen LogP contribution in [0.1, 0.15) is 17.2 Å². The number of hydrogen-bond donors (Lipinski definition) is 1. The third-order valence-electron chi connectivity index (χ3n) is 3.44. The summed E-state index contributed by atoms with van der Waals surface area (Å²) >= 11 is 0. The summed E-state index contributed by atoms with van der Waals surface area (Å²) in [5, 5.41) is 3.48. The topological polar surface area (TPSA) is 15.3 Å². The highest BCUT2D eigenvalue weighted by Crippen LogP contribution is 2.29. The Kier molecular flexibility index (Phi) is 2.03. The molecule has 0 aromatic heterocycles. The lowest BCUT2D eigenvalue weighted by Gasteiger charge is -2.40. The van der Waals surface area contributed by atoms with Gasteiger partial charge in [0.05, 0.1) is 0 Å². The third kappa shape index (κ3) is 1.26. The summed E-state index contributed by atoms with van der Waals surface area (Å²) in [6, 6.07) is 9.52. The van der Waals surface area contributed by atoms with E-state index in [4.69, 9.17) is 0 Å². The Hall–Kier alpha value is -0.860. The Balaban J connectivity index is 1.99. The standard InChI is InChI=1S/C12H16N2/c1-2-4-11-10(3-1)5-7-14-8-6-13-9-12(11)14/h1-4,12-13H,5-9H2/t12-/m1/s1. The van der Waals surface area contributed by atoms with Crippen LogP contribution in [0.4, 0.5) is 0 Å². The molecule has 0 saturated carbocycles. The monoisotopic (exact) mass is 188 g/mol. The number of hydrogen-bond acceptors (Lipinski definition) is 2. The summed E-state index contributed by atoms with van der Waals surface area (Å²) in [5.41, 5.74) is 3.10. The fourth-order valence-electron chi connectivity index (χ4n) is 2.67. The number of nitrogens with zero attached hydrogens (tertiary/aromatic N) is 1. The molecular formula is C12H16N2. The van der Waals surface area contributed by atoms with Crippen molar-refractivity contribution < 1.29 is 0 Å². The number of fused-ring (bicyclic) bond motifs is 3. The molecule has 3 rings (SSSR count). The molecule has 14 heavy (non-hydrogen) atoms. The zero-order valence-corrected chi connectivity index (χ0v) is 8.37. The lowest BCUT2D eigenvalue weighted by atomic mass is 9.91. The van der Waals surface area contributed by atoms with Crippen LogP contribution >= 0.6 is 0 Å². The van der Waals surface area contributed by atoms with Gasteiger partial charge in [-0.05, 0) is 17.5 Å². The molecule has 0 bridgehead atoms. The van der Waals surface area contributed by atoms with Gasteiger partial charge >= 0.3 is 0 Å². The molecule has 1 N–H and O–H groups in total. The van der Waals surface area contributed by atoms with Gasteiger partial charge in [-0.25, -0.2) is 0 Å². The van der Waals surface area contributed by atoms with E-state index in [9.17, 15) is 0 Å². The molecule has 2 nitrogen and oxygen atoms in total. The summed E-state index contributed by atoms with van der Waals surface area (Å²) in [6.45, 7) is 4.72. The average molecular weight is 188 g/mol. The van der Waals surface area contributed by atoms with Crippen molar-refractivity contribution in [2.75, 3.05) is 26.2 Å².